The summed E-state index contributed by atoms with van der Waals surface area (Å²) < 4.78 is 31.7. The number of imidazole rings is 1. The van der Waals surface area contributed by atoms with Crippen molar-refractivity contribution >= 4 is 48.9 Å². The Morgan fingerprint density at radius 2 is 1.82 bits per heavy atom. The number of benzene rings is 1. The van der Waals surface area contributed by atoms with Crippen LogP contribution in [0.5, 0.6) is 0 Å². The summed E-state index contributed by atoms with van der Waals surface area (Å²) in [6.45, 7) is 0. The van der Waals surface area contributed by atoms with Gasteiger partial charge in [0.25, 0.3) is 10.0 Å². The van der Waals surface area contributed by atoms with Crippen molar-refractivity contribution in [1.82, 2.24) is 19.5 Å². The molecule has 5 rings (SSSR count). The van der Waals surface area contributed by atoms with Crippen LogP contribution in [0.4, 0.5) is 11.8 Å². The largest absolute Gasteiger partial charge is 0.351 e. The molecule has 176 valence electrons. The number of hydrogen-bond donors (Lipinski definition) is 3. The third-order valence-corrected chi connectivity index (χ3v) is 8.41. The summed E-state index contributed by atoms with van der Waals surface area (Å²) in [5.41, 5.74) is 7.16. The van der Waals surface area contributed by atoms with Gasteiger partial charge >= 0.3 is 0 Å². The van der Waals surface area contributed by atoms with E-state index >= 15 is 0 Å². The number of hydrogen-bond acceptors (Lipinski definition) is 7. The summed E-state index contributed by atoms with van der Waals surface area (Å²) in [5, 5.41) is 3.41. The van der Waals surface area contributed by atoms with E-state index in [1.54, 1.807) is 30.6 Å². The Hall–Kier alpha value is -2.24. The van der Waals surface area contributed by atoms with Gasteiger partial charge in [-0.25, -0.2) is 13.4 Å². The Bertz CT molecular complexity index is 1250. The highest BCUT2D eigenvalue weighted by molar-refractivity contribution is 9.10. The molecule has 0 radical (unpaired) electrons. The van der Waals surface area contributed by atoms with Crippen LogP contribution in [0.25, 0.3) is 11.2 Å². The van der Waals surface area contributed by atoms with Crippen molar-refractivity contribution < 1.29 is 8.42 Å². The van der Waals surface area contributed by atoms with Crippen molar-refractivity contribution in [3.63, 3.8) is 0 Å². The fraction of sp³-hybridized carbons (Fsp3) is 0.500. The van der Waals surface area contributed by atoms with Gasteiger partial charge < -0.3 is 15.6 Å². The van der Waals surface area contributed by atoms with Gasteiger partial charge in [0, 0.05) is 22.6 Å². The molecule has 2 heterocycles. The number of fused-ring (bicyclic) bond motifs is 1. The van der Waals surface area contributed by atoms with Gasteiger partial charge in [-0.05, 0) is 56.7 Å². The fourth-order valence-electron chi connectivity index (χ4n) is 4.77. The van der Waals surface area contributed by atoms with E-state index in [2.05, 4.69) is 40.5 Å². The molecule has 0 amide bonds. The van der Waals surface area contributed by atoms with Crippen molar-refractivity contribution in [3.8, 4) is 0 Å². The van der Waals surface area contributed by atoms with Crippen LogP contribution in [0.15, 0.2) is 40.0 Å². The highest BCUT2D eigenvalue weighted by Crippen LogP contribution is 2.34. The average molecular weight is 534 g/mol. The van der Waals surface area contributed by atoms with Crippen LogP contribution in [0.2, 0.25) is 0 Å². The molecule has 2 aromatic heterocycles. The number of halogens is 1. The van der Waals surface area contributed by atoms with Gasteiger partial charge in [-0.2, -0.15) is 9.97 Å². The van der Waals surface area contributed by atoms with Gasteiger partial charge in [0.1, 0.15) is 0 Å². The van der Waals surface area contributed by atoms with E-state index in [9.17, 15) is 8.42 Å². The van der Waals surface area contributed by atoms with Gasteiger partial charge in [-0.15, -0.1) is 0 Å². The first-order valence-electron chi connectivity index (χ1n) is 11.4. The standard InChI is InChI=1S/C22H28BrN7O2S/c23-14-4-3-7-18(12-14)33(31,32)29-20-19-21(30(13-25-19)17-5-1-2-6-17)28-22(27-20)26-16-10-8-15(24)9-11-16/h3-4,7,12-13,15-17H,1-2,5-6,8-11,24H2,(H2,26,27,28,29)/t15-,16-. The van der Waals surface area contributed by atoms with Gasteiger partial charge in [-0.1, -0.05) is 34.8 Å². The van der Waals surface area contributed by atoms with Crippen molar-refractivity contribution in [2.45, 2.75) is 74.4 Å². The summed E-state index contributed by atoms with van der Waals surface area (Å²) in [4.78, 5) is 14.0. The molecule has 4 N–H and O–H groups in total. The number of nitrogens with one attached hydrogen (secondary N) is 2. The predicted molar refractivity (Wildman–Crippen MR) is 132 cm³/mol. The lowest BCUT2D eigenvalue weighted by atomic mass is 9.92. The van der Waals surface area contributed by atoms with Crippen LogP contribution in [0, 0.1) is 0 Å². The van der Waals surface area contributed by atoms with Crippen LogP contribution in [-0.2, 0) is 10.0 Å². The number of nitrogens with two attached hydrogens (primary N) is 1. The number of rotatable bonds is 6. The minimum absolute atomic E-state index is 0.148. The number of aromatic nitrogens is 4. The minimum atomic E-state index is -3.86. The topological polar surface area (TPSA) is 128 Å². The van der Waals surface area contributed by atoms with Crippen LogP contribution in [-0.4, -0.2) is 40.0 Å². The Morgan fingerprint density at radius 3 is 2.55 bits per heavy atom. The molecule has 2 saturated carbocycles. The first-order chi connectivity index (χ1) is 15.9. The molecule has 3 aromatic rings. The molecule has 0 bridgehead atoms. The van der Waals surface area contributed by atoms with Crippen molar-refractivity contribution in [1.29, 1.82) is 0 Å². The summed E-state index contributed by atoms with van der Waals surface area (Å²) in [6, 6.07) is 7.34. The zero-order valence-corrected chi connectivity index (χ0v) is 20.6. The first kappa shape index (κ1) is 22.5. The first-order valence-corrected chi connectivity index (χ1v) is 13.7. The van der Waals surface area contributed by atoms with Crippen LogP contribution in [0.1, 0.15) is 57.4 Å². The Kier molecular flexibility index (Phi) is 6.28. The molecule has 9 nitrogen and oxygen atoms in total. The van der Waals surface area contributed by atoms with Gasteiger partial charge in [0.15, 0.2) is 17.0 Å². The summed E-state index contributed by atoms with van der Waals surface area (Å²) in [6.07, 6.45) is 10.00. The molecule has 0 unspecified atom stereocenters. The Balaban J connectivity index is 1.53. The van der Waals surface area contributed by atoms with Crippen molar-refractivity contribution in [2.75, 3.05) is 10.0 Å². The molecule has 33 heavy (non-hydrogen) atoms. The van der Waals surface area contributed by atoms with Crippen LogP contribution in [0.3, 0.4) is 0 Å². The number of nitrogens with zero attached hydrogens (tertiary/aromatic N) is 4. The second-order valence-corrected chi connectivity index (χ2v) is 11.6. The van der Waals surface area contributed by atoms with E-state index in [0.29, 0.717) is 27.6 Å². The molecular weight excluding hydrogens is 506 g/mol. The van der Waals surface area contributed by atoms with Crippen molar-refractivity contribution in [2.24, 2.45) is 5.73 Å². The second-order valence-electron chi connectivity index (χ2n) is 8.98. The maximum Gasteiger partial charge on any atom is 0.263 e. The minimum Gasteiger partial charge on any atom is -0.351 e. The molecule has 0 aliphatic heterocycles. The maximum absolute atomic E-state index is 13.1. The number of sulfonamides is 1. The predicted octanol–water partition coefficient (Wildman–Crippen LogP) is 4.19. The Labute approximate surface area is 201 Å². The Morgan fingerprint density at radius 1 is 1.06 bits per heavy atom. The van der Waals surface area contributed by atoms with E-state index in [1.165, 1.54) is 12.8 Å². The number of anilines is 2. The normalized spacial score (nSPS) is 22.0. The molecule has 2 fully saturated rings. The molecule has 1 aromatic carbocycles. The third kappa shape index (κ3) is 4.85. The molecule has 11 heteroatoms. The molecule has 0 saturated heterocycles. The molecule has 2 aliphatic rings. The lowest BCUT2D eigenvalue weighted by molar-refractivity contribution is 0.410. The fourth-order valence-corrected chi connectivity index (χ4v) is 6.37. The van der Waals surface area contributed by atoms with Gasteiger partial charge in [-0.3, -0.25) is 4.72 Å². The second kappa shape index (κ2) is 9.19. The highest BCUT2D eigenvalue weighted by atomic mass is 79.9. The molecular formula is C22H28BrN7O2S. The zero-order valence-electron chi connectivity index (χ0n) is 18.2. The van der Waals surface area contributed by atoms with E-state index in [1.807, 2.05) is 0 Å². The summed E-state index contributed by atoms with van der Waals surface area (Å²) >= 11 is 3.34. The molecule has 0 atom stereocenters. The van der Waals surface area contributed by atoms with E-state index in [-0.39, 0.29) is 22.8 Å². The van der Waals surface area contributed by atoms with E-state index in [0.717, 1.165) is 38.5 Å². The highest BCUT2D eigenvalue weighted by Gasteiger charge is 2.25. The van der Waals surface area contributed by atoms with Gasteiger partial charge in [0.2, 0.25) is 5.95 Å². The lowest BCUT2D eigenvalue weighted by Gasteiger charge is -2.27. The summed E-state index contributed by atoms with van der Waals surface area (Å²) in [5.74, 6) is 0.599. The molecule has 2 aliphatic carbocycles. The van der Waals surface area contributed by atoms with Crippen LogP contribution >= 0.6 is 15.9 Å². The molecule has 0 spiro atoms. The lowest BCUT2D eigenvalue weighted by Crippen LogP contribution is -2.33. The average Bonchev–Trinajstić information content (AvgIpc) is 3.45. The monoisotopic (exact) mass is 533 g/mol. The smallest absolute Gasteiger partial charge is 0.263 e. The maximum atomic E-state index is 13.1. The van der Waals surface area contributed by atoms with Crippen LogP contribution < -0.4 is 15.8 Å². The van der Waals surface area contributed by atoms with Gasteiger partial charge in [0.05, 0.1) is 11.2 Å². The quantitative estimate of drug-likeness (QED) is 0.433. The summed E-state index contributed by atoms with van der Waals surface area (Å²) in [7, 11) is -3.86. The van der Waals surface area contributed by atoms with Crippen molar-refractivity contribution in [3.05, 3.63) is 35.1 Å². The zero-order chi connectivity index (χ0) is 23.0. The van der Waals surface area contributed by atoms with E-state index in [4.69, 9.17) is 10.7 Å². The van der Waals surface area contributed by atoms with E-state index < -0.39 is 10.0 Å². The third-order valence-electron chi connectivity index (χ3n) is 6.58. The SMILES string of the molecule is N[C@H]1CC[C@H](Nc2nc(NS(=O)(=O)c3cccc(Br)c3)c3ncn(C4CCCC4)c3n2)CC1.